The van der Waals surface area contributed by atoms with Crippen molar-refractivity contribution in [2.45, 2.75) is 130 Å². The van der Waals surface area contributed by atoms with Crippen LogP contribution in [-0.2, 0) is 14.3 Å². The SMILES string of the molecule is CCC(C)(C)N(C(=O)C(CCSC)NC(=O)OC(C)(C)C)C(C(=O)NC1CCCCC1)c1c(C)cccc1C. The number of nitrogens with one attached hydrogen (secondary N) is 2. The topological polar surface area (TPSA) is 87.7 Å². The van der Waals surface area contributed by atoms with Gasteiger partial charge in [-0.15, -0.1) is 0 Å². The maximum atomic E-state index is 14.6. The van der Waals surface area contributed by atoms with Crippen molar-refractivity contribution in [2.24, 2.45) is 0 Å². The van der Waals surface area contributed by atoms with Gasteiger partial charge in [0, 0.05) is 11.6 Å². The minimum Gasteiger partial charge on any atom is -0.444 e. The van der Waals surface area contributed by atoms with E-state index in [2.05, 4.69) is 10.6 Å². The van der Waals surface area contributed by atoms with Crippen LogP contribution in [0.5, 0.6) is 0 Å². The van der Waals surface area contributed by atoms with Gasteiger partial charge in [0.25, 0.3) is 0 Å². The Morgan fingerprint density at radius 1 is 1.05 bits per heavy atom. The molecule has 1 aromatic carbocycles. The fraction of sp³-hybridized carbons (Fsp3) is 0.710. The molecule has 0 aliphatic heterocycles. The van der Waals surface area contributed by atoms with Crippen molar-refractivity contribution in [3.05, 3.63) is 34.9 Å². The lowest BCUT2D eigenvalue weighted by Gasteiger charge is -2.45. The smallest absolute Gasteiger partial charge is 0.408 e. The Labute approximate surface area is 240 Å². The number of alkyl carbamates (subject to hydrolysis) is 1. The Bertz CT molecular complexity index is 962. The second-order valence-electron chi connectivity index (χ2n) is 12.4. The molecular weight excluding hydrogens is 510 g/mol. The number of hydrogen-bond acceptors (Lipinski definition) is 5. The number of carbonyl (C=O) groups excluding carboxylic acids is 3. The Morgan fingerprint density at radius 2 is 1.64 bits per heavy atom. The van der Waals surface area contributed by atoms with Crippen LogP contribution in [0.1, 0.15) is 109 Å². The fourth-order valence-electron chi connectivity index (χ4n) is 5.22. The van der Waals surface area contributed by atoms with Crippen LogP contribution in [0.2, 0.25) is 0 Å². The third-order valence-corrected chi connectivity index (χ3v) is 8.27. The Hall–Kier alpha value is -2.22. The first kappa shape index (κ1) is 33.0. The van der Waals surface area contributed by atoms with Crippen molar-refractivity contribution < 1.29 is 19.1 Å². The minimum atomic E-state index is -0.826. The summed E-state index contributed by atoms with van der Waals surface area (Å²) in [5.74, 6) is 0.248. The van der Waals surface area contributed by atoms with Crippen LogP contribution in [-0.4, -0.2) is 58.0 Å². The summed E-state index contributed by atoms with van der Waals surface area (Å²) in [6.07, 6.45) is 7.69. The molecule has 7 nitrogen and oxygen atoms in total. The van der Waals surface area contributed by atoms with Crippen molar-refractivity contribution in [2.75, 3.05) is 12.0 Å². The molecule has 39 heavy (non-hydrogen) atoms. The van der Waals surface area contributed by atoms with Gasteiger partial charge >= 0.3 is 6.09 Å². The summed E-state index contributed by atoms with van der Waals surface area (Å²) >= 11 is 1.61. The summed E-state index contributed by atoms with van der Waals surface area (Å²) in [6, 6.07) is 4.42. The molecule has 1 fully saturated rings. The Morgan fingerprint density at radius 3 is 2.15 bits per heavy atom. The third-order valence-electron chi connectivity index (χ3n) is 7.63. The van der Waals surface area contributed by atoms with Crippen LogP contribution in [0.15, 0.2) is 18.2 Å². The quantitative estimate of drug-likeness (QED) is 0.324. The summed E-state index contributed by atoms with van der Waals surface area (Å²) in [5.41, 5.74) is 1.42. The Kier molecular flexibility index (Phi) is 12.2. The molecule has 220 valence electrons. The van der Waals surface area contributed by atoms with E-state index in [0.29, 0.717) is 18.6 Å². The molecule has 1 aromatic rings. The highest BCUT2D eigenvalue weighted by molar-refractivity contribution is 7.98. The number of benzene rings is 1. The average molecular weight is 562 g/mol. The highest BCUT2D eigenvalue weighted by Crippen LogP contribution is 2.36. The van der Waals surface area contributed by atoms with Gasteiger partial charge in [0.2, 0.25) is 11.8 Å². The van der Waals surface area contributed by atoms with Crippen LogP contribution in [0.4, 0.5) is 4.79 Å². The van der Waals surface area contributed by atoms with Gasteiger partial charge in [0.1, 0.15) is 17.7 Å². The zero-order chi connectivity index (χ0) is 29.4. The molecule has 8 heteroatoms. The lowest BCUT2D eigenvalue weighted by atomic mass is 9.87. The number of rotatable bonds is 11. The van der Waals surface area contributed by atoms with Gasteiger partial charge < -0.3 is 20.3 Å². The largest absolute Gasteiger partial charge is 0.444 e. The van der Waals surface area contributed by atoms with E-state index in [-0.39, 0.29) is 17.9 Å². The molecule has 1 aliphatic carbocycles. The van der Waals surface area contributed by atoms with Gasteiger partial charge in [-0.25, -0.2) is 4.79 Å². The number of nitrogens with zero attached hydrogens (tertiary/aromatic N) is 1. The average Bonchev–Trinajstić information content (AvgIpc) is 2.84. The van der Waals surface area contributed by atoms with Gasteiger partial charge in [-0.2, -0.15) is 11.8 Å². The van der Waals surface area contributed by atoms with Crippen LogP contribution in [0.25, 0.3) is 0 Å². The van der Waals surface area contributed by atoms with Gasteiger partial charge in [-0.05, 0) is 103 Å². The lowest BCUT2D eigenvalue weighted by Crippen LogP contribution is -2.60. The molecule has 0 aromatic heterocycles. The number of carbonyl (C=O) groups is 3. The van der Waals surface area contributed by atoms with Crippen molar-refractivity contribution in [3.63, 3.8) is 0 Å². The molecule has 2 unspecified atom stereocenters. The van der Waals surface area contributed by atoms with E-state index in [1.54, 1.807) is 37.4 Å². The molecule has 1 aliphatic rings. The first-order chi connectivity index (χ1) is 18.2. The third kappa shape index (κ3) is 9.44. The van der Waals surface area contributed by atoms with E-state index in [9.17, 15) is 14.4 Å². The summed E-state index contributed by atoms with van der Waals surface area (Å²) in [7, 11) is 0. The monoisotopic (exact) mass is 561 g/mol. The normalized spacial score (nSPS) is 16.2. The van der Waals surface area contributed by atoms with Gasteiger partial charge in [0.15, 0.2) is 0 Å². The molecule has 0 saturated heterocycles. The van der Waals surface area contributed by atoms with Gasteiger partial charge in [-0.1, -0.05) is 44.4 Å². The number of ether oxygens (including phenoxy) is 1. The van der Waals surface area contributed by atoms with Crippen molar-refractivity contribution >= 4 is 29.7 Å². The standard InChI is InChI=1S/C31H51N3O4S/c1-10-31(7,8)34(28(36)24(19-20-39-9)33-29(37)38-30(4,5)6)26(25-21(2)15-14-16-22(25)3)27(35)32-23-17-12-11-13-18-23/h14-16,23-24,26H,10-13,17-20H2,1-9H3,(H,32,35)(H,33,37). The number of hydrogen-bond donors (Lipinski definition) is 2. The molecule has 1 saturated carbocycles. The summed E-state index contributed by atoms with van der Waals surface area (Å²) in [6.45, 7) is 15.4. The molecule has 2 N–H and O–H groups in total. The van der Waals surface area contributed by atoms with Crippen LogP contribution in [0.3, 0.4) is 0 Å². The van der Waals surface area contributed by atoms with Crippen LogP contribution in [0, 0.1) is 13.8 Å². The van der Waals surface area contributed by atoms with E-state index >= 15 is 0 Å². The fourth-order valence-corrected chi connectivity index (χ4v) is 5.69. The first-order valence-corrected chi connectivity index (χ1v) is 15.8. The van der Waals surface area contributed by atoms with Crippen molar-refractivity contribution in [1.29, 1.82) is 0 Å². The molecule has 0 heterocycles. The highest BCUT2D eigenvalue weighted by Gasteiger charge is 2.44. The van der Waals surface area contributed by atoms with E-state index in [4.69, 9.17) is 4.74 Å². The predicted molar refractivity (Wildman–Crippen MR) is 161 cm³/mol. The van der Waals surface area contributed by atoms with E-state index < -0.39 is 29.3 Å². The molecule has 0 bridgehead atoms. The first-order valence-electron chi connectivity index (χ1n) is 14.4. The van der Waals surface area contributed by atoms with Crippen LogP contribution < -0.4 is 10.6 Å². The predicted octanol–water partition coefficient (Wildman–Crippen LogP) is 6.46. The van der Waals surface area contributed by atoms with Crippen molar-refractivity contribution in [3.8, 4) is 0 Å². The second-order valence-corrected chi connectivity index (χ2v) is 13.4. The lowest BCUT2D eigenvalue weighted by molar-refractivity contribution is -0.149. The maximum absolute atomic E-state index is 14.6. The van der Waals surface area contributed by atoms with Gasteiger partial charge in [-0.3, -0.25) is 9.59 Å². The molecular formula is C31H51N3O4S. The highest BCUT2D eigenvalue weighted by atomic mass is 32.2. The molecule has 3 amide bonds. The van der Waals surface area contributed by atoms with Crippen molar-refractivity contribution in [1.82, 2.24) is 15.5 Å². The summed E-state index contributed by atoms with van der Waals surface area (Å²) < 4.78 is 5.51. The minimum absolute atomic E-state index is 0.104. The maximum Gasteiger partial charge on any atom is 0.408 e. The van der Waals surface area contributed by atoms with E-state index in [1.165, 1.54) is 6.42 Å². The van der Waals surface area contributed by atoms with E-state index in [1.807, 2.05) is 59.1 Å². The van der Waals surface area contributed by atoms with Crippen LogP contribution >= 0.6 is 11.8 Å². The zero-order valence-corrected chi connectivity index (χ0v) is 26.4. The van der Waals surface area contributed by atoms with Gasteiger partial charge in [0.05, 0.1) is 0 Å². The Balaban J connectivity index is 2.61. The molecule has 0 radical (unpaired) electrons. The molecule has 2 rings (SSSR count). The number of amides is 3. The number of thioether (sulfide) groups is 1. The summed E-state index contributed by atoms with van der Waals surface area (Å²) in [4.78, 5) is 43.4. The van der Waals surface area contributed by atoms with E-state index in [0.717, 1.165) is 42.4 Å². The second kappa shape index (κ2) is 14.4. The molecule has 0 spiro atoms. The zero-order valence-electron chi connectivity index (χ0n) is 25.6. The molecule has 2 atom stereocenters. The summed E-state index contributed by atoms with van der Waals surface area (Å²) in [5, 5.41) is 6.15. The number of aryl methyl sites for hydroxylation is 2.